The molecule has 0 spiro atoms. The zero-order valence-corrected chi connectivity index (χ0v) is 13.5. The Labute approximate surface area is 130 Å². The van der Waals surface area contributed by atoms with E-state index in [0.29, 0.717) is 13.1 Å². The third kappa shape index (κ3) is 5.70. The molecule has 6 nitrogen and oxygen atoms in total. The Kier molecular flexibility index (Phi) is 7.43. The summed E-state index contributed by atoms with van der Waals surface area (Å²) < 4.78 is 39.8. The molecule has 1 aromatic rings. The van der Waals surface area contributed by atoms with Gasteiger partial charge in [-0.05, 0) is 32.0 Å². The summed E-state index contributed by atoms with van der Waals surface area (Å²) in [5.74, 6) is -1.32. The van der Waals surface area contributed by atoms with Crippen LogP contribution in [0.25, 0.3) is 0 Å². The van der Waals surface area contributed by atoms with Crippen molar-refractivity contribution < 1.29 is 17.6 Å². The Balaban J connectivity index is 2.54. The van der Waals surface area contributed by atoms with Gasteiger partial charge in [-0.2, -0.15) is 4.72 Å². The van der Waals surface area contributed by atoms with Gasteiger partial charge in [-0.3, -0.25) is 4.79 Å². The van der Waals surface area contributed by atoms with E-state index in [1.54, 1.807) is 0 Å². The summed E-state index contributed by atoms with van der Waals surface area (Å²) in [4.78, 5) is 11.3. The average molecular weight is 331 g/mol. The van der Waals surface area contributed by atoms with Crippen LogP contribution in [0.5, 0.6) is 0 Å². The third-order valence-electron chi connectivity index (χ3n) is 2.88. The molecule has 0 saturated carbocycles. The Bertz CT molecular complexity index is 593. The van der Waals surface area contributed by atoms with Gasteiger partial charge in [0.05, 0.1) is 6.04 Å². The van der Waals surface area contributed by atoms with Gasteiger partial charge in [0.2, 0.25) is 15.9 Å². The van der Waals surface area contributed by atoms with E-state index >= 15 is 0 Å². The molecule has 0 aliphatic rings. The molecule has 0 radical (unpaired) electrons. The maximum Gasteiger partial charge on any atom is 0.244 e. The molecule has 0 bridgehead atoms. The molecular formula is C14H22FN3O3S. The van der Waals surface area contributed by atoms with Gasteiger partial charge in [-0.25, -0.2) is 12.8 Å². The summed E-state index contributed by atoms with van der Waals surface area (Å²) in [6, 6.07) is 4.03. The summed E-state index contributed by atoms with van der Waals surface area (Å²) in [5.41, 5.74) is 0. The third-order valence-corrected chi connectivity index (χ3v) is 4.45. The fraction of sp³-hybridized carbons (Fsp3) is 0.500. The number of benzene rings is 1. The molecular weight excluding hydrogens is 309 g/mol. The summed E-state index contributed by atoms with van der Waals surface area (Å²) in [5, 5.41) is 5.72. The number of nitrogens with one attached hydrogen (secondary N) is 3. The minimum absolute atomic E-state index is 0.393. The first kappa shape index (κ1) is 18.5. The van der Waals surface area contributed by atoms with Crippen LogP contribution in [-0.4, -0.2) is 40.0 Å². The average Bonchev–Trinajstić information content (AvgIpc) is 2.46. The molecule has 8 heteroatoms. The monoisotopic (exact) mass is 331 g/mol. The zero-order chi connectivity index (χ0) is 16.6. The van der Waals surface area contributed by atoms with Gasteiger partial charge in [-0.15, -0.1) is 0 Å². The lowest BCUT2D eigenvalue weighted by Gasteiger charge is -2.15. The molecule has 1 unspecified atom stereocenters. The van der Waals surface area contributed by atoms with Gasteiger partial charge < -0.3 is 10.6 Å². The minimum Gasteiger partial charge on any atom is -0.353 e. The number of hydrogen-bond acceptors (Lipinski definition) is 4. The van der Waals surface area contributed by atoms with Gasteiger partial charge in [0.1, 0.15) is 10.7 Å². The summed E-state index contributed by atoms with van der Waals surface area (Å²) in [7, 11) is -4.08. The molecule has 0 saturated heterocycles. The van der Waals surface area contributed by atoms with E-state index in [1.807, 2.05) is 6.92 Å². The standard InChI is InChI=1S/C14H22FN3O3S/c1-3-8-16-9-10-17-14(19)11(2)18-22(20,21)13-7-5-4-6-12(13)15/h4-7,11,16,18H,3,8-10H2,1-2H3,(H,17,19). The summed E-state index contributed by atoms with van der Waals surface area (Å²) in [6.45, 7) is 5.29. The Morgan fingerprint density at radius 2 is 1.91 bits per heavy atom. The zero-order valence-electron chi connectivity index (χ0n) is 12.7. The molecule has 0 fully saturated rings. The van der Waals surface area contributed by atoms with Gasteiger partial charge in [0, 0.05) is 13.1 Å². The van der Waals surface area contributed by atoms with E-state index in [4.69, 9.17) is 0 Å². The normalized spacial score (nSPS) is 12.9. The first-order valence-corrected chi connectivity index (χ1v) is 8.62. The predicted octanol–water partition coefficient (Wildman–Crippen LogP) is 0.608. The van der Waals surface area contributed by atoms with Crippen LogP contribution in [-0.2, 0) is 14.8 Å². The molecule has 1 aromatic carbocycles. The molecule has 1 amide bonds. The maximum atomic E-state index is 13.5. The lowest BCUT2D eigenvalue weighted by molar-refractivity contribution is -0.122. The molecule has 0 aliphatic heterocycles. The second kappa shape index (κ2) is 8.82. The highest BCUT2D eigenvalue weighted by atomic mass is 32.2. The molecule has 1 rings (SSSR count). The van der Waals surface area contributed by atoms with Crippen molar-refractivity contribution in [2.75, 3.05) is 19.6 Å². The first-order chi connectivity index (χ1) is 10.4. The molecule has 124 valence electrons. The summed E-state index contributed by atoms with van der Waals surface area (Å²) >= 11 is 0. The van der Waals surface area contributed by atoms with Crippen LogP contribution in [0, 0.1) is 5.82 Å². The van der Waals surface area contributed by atoms with Crippen LogP contribution in [0.2, 0.25) is 0 Å². The number of halogens is 1. The number of sulfonamides is 1. The second-order valence-electron chi connectivity index (χ2n) is 4.81. The maximum absolute atomic E-state index is 13.5. The van der Waals surface area contributed by atoms with Crippen LogP contribution < -0.4 is 15.4 Å². The molecule has 22 heavy (non-hydrogen) atoms. The highest BCUT2D eigenvalue weighted by Gasteiger charge is 2.24. The quantitative estimate of drug-likeness (QED) is 0.579. The number of carbonyl (C=O) groups is 1. The number of carbonyl (C=O) groups excluding carboxylic acids is 1. The highest BCUT2D eigenvalue weighted by molar-refractivity contribution is 7.89. The number of rotatable bonds is 9. The van der Waals surface area contributed by atoms with Crippen molar-refractivity contribution in [2.24, 2.45) is 0 Å². The molecule has 3 N–H and O–H groups in total. The fourth-order valence-corrected chi connectivity index (χ4v) is 3.02. The van der Waals surface area contributed by atoms with Crippen molar-refractivity contribution in [3.8, 4) is 0 Å². The largest absolute Gasteiger partial charge is 0.353 e. The molecule has 1 atom stereocenters. The lowest BCUT2D eigenvalue weighted by Crippen LogP contribution is -2.46. The van der Waals surface area contributed by atoms with Gasteiger partial charge in [0.15, 0.2) is 0 Å². The highest BCUT2D eigenvalue weighted by Crippen LogP contribution is 2.13. The van der Waals surface area contributed by atoms with Crippen LogP contribution in [0.3, 0.4) is 0 Å². The minimum atomic E-state index is -4.08. The second-order valence-corrected chi connectivity index (χ2v) is 6.50. The smallest absolute Gasteiger partial charge is 0.244 e. The topological polar surface area (TPSA) is 87.3 Å². The van der Waals surface area contributed by atoms with Crippen molar-refractivity contribution in [3.05, 3.63) is 30.1 Å². The van der Waals surface area contributed by atoms with Gasteiger partial charge >= 0.3 is 0 Å². The number of hydrogen-bond donors (Lipinski definition) is 3. The van der Waals surface area contributed by atoms with Gasteiger partial charge in [-0.1, -0.05) is 19.1 Å². The lowest BCUT2D eigenvalue weighted by atomic mass is 10.3. The first-order valence-electron chi connectivity index (χ1n) is 7.13. The molecule has 0 heterocycles. The molecule has 0 aliphatic carbocycles. The van der Waals surface area contributed by atoms with E-state index in [-0.39, 0.29) is 0 Å². The van der Waals surface area contributed by atoms with Crippen molar-refractivity contribution in [1.82, 2.24) is 15.4 Å². The summed E-state index contributed by atoms with van der Waals surface area (Å²) in [6.07, 6.45) is 0.993. The van der Waals surface area contributed by atoms with Crippen LogP contribution in [0.15, 0.2) is 29.2 Å². The van der Waals surface area contributed by atoms with Crippen LogP contribution in [0.4, 0.5) is 4.39 Å². The molecule has 0 aromatic heterocycles. The van der Waals surface area contributed by atoms with E-state index < -0.39 is 32.7 Å². The van der Waals surface area contributed by atoms with Crippen LogP contribution in [0.1, 0.15) is 20.3 Å². The Morgan fingerprint density at radius 3 is 2.55 bits per heavy atom. The Morgan fingerprint density at radius 1 is 1.23 bits per heavy atom. The van der Waals surface area contributed by atoms with E-state index in [9.17, 15) is 17.6 Å². The van der Waals surface area contributed by atoms with Crippen molar-refractivity contribution in [1.29, 1.82) is 0 Å². The Hall–Kier alpha value is -1.51. The van der Waals surface area contributed by atoms with E-state index in [2.05, 4.69) is 15.4 Å². The van der Waals surface area contributed by atoms with Crippen LogP contribution >= 0.6 is 0 Å². The van der Waals surface area contributed by atoms with E-state index in [0.717, 1.165) is 25.1 Å². The number of amides is 1. The van der Waals surface area contributed by atoms with Crippen molar-refractivity contribution >= 4 is 15.9 Å². The van der Waals surface area contributed by atoms with Crippen molar-refractivity contribution in [2.45, 2.75) is 31.2 Å². The SMILES string of the molecule is CCCNCCNC(=O)C(C)NS(=O)(=O)c1ccccc1F. The fourth-order valence-electron chi connectivity index (χ4n) is 1.74. The van der Waals surface area contributed by atoms with Gasteiger partial charge in [0.25, 0.3) is 0 Å². The van der Waals surface area contributed by atoms with E-state index in [1.165, 1.54) is 19.1 Å². The predicted molar refractivity (Wildman–Crippen MR) is 82.4 cm³/mol. The van der Waals surface area contributed by atoms with Crippen molar-refractivity contribution in [3.63, 3.8) is 0 Å².